The molecule has 0 saturated heterocycles. The maximum absolute atomic E-state index is 5.25. The molecule has 1 aliphatic rings. The minimum Gasteiger partial charge on any atom is -0.0853 e. The molecule has 0 heteroatoms. The van der Waals surface area contributed by atoms with E-state index in [0.717, 1.165) is 6.42 Å². The first kappa shape index (κ1) is 6.60. The molecular formula is C9H13. The van der Waals surface area contributed by atoms with Gasteiger partial charge in [0.1, 0.15) is 0 Å². The summed E-state index contributed by atoms with van der Waals surface area (Å²) < 4.78 is 0. The maximum Gasteiger partial charge on any atom is -0.0285 e. The zero-order chi connectivity index (χ0) is 6.53. The molecule has 0 aromatic heterocycles. The van der Waals surface area contributed by atoms with Crippen molar-refractivity contribution in [3.05, 3.63) is 24.3 Å². The molecule has 0 unspecified atom stereocenters. The van der Waals surface area contributed by atoms with Gasteiger partial charge in [-0.1, -0.05) is 24.3 Å². The monoisotopic (exact) mass is 121 g/mol. The second-order valence-electron chi connectivity index (χ2n) is 2.53. The summed E-state index contributed by atoms with van der Waals surface area (Å²) in [4.78, 5) is 0. The molecule has 0 atom stereocenters. The standard InChI is InChI=1S/C9H13/c1-2-3-6-9-7-4-5-8-9/h1-2,7H,3-6,8H2. The van der Waals surface area contributed by atoms with E-state index in [1.807, 2.05) is 0 Å². The molecular weight excluding hydrogens is 108 g/mol. The van der Waals surface area contributed by atoms with E-state index in [2.05, 4.69) is 6.08 Å². The third-order valence-electron chi connectivity index (χ3n) is 1.77. The van der Waals surface area contributed by atoms with Crippen LogP contribution < -0.4 is 0 Å². The Morgan fingerprint density at radius 2 is 2.56 bits per heavy atom. The van der Waals surface area contributed by atoms with Gasteiger partial charge in [-0.25, -0.2) is 0 Å². The molecule has 0 fully saturated rings. The summed E-state index contributed by atoms with van der Waals surface area (Å²) in [5.74, 6) is 0. The SMILES string of the molecule is [CH]=CCCC1=CCCC1. The first-order valence-electron chi connectivity index (χ1n) is 3.65. The van der Waals surface area contributed by atoms with E-state index in [0.29, 0.717) is 0 Å². The summed E-state index contributed by atoms with van der Waals surface area (Å²) in [5.41, 5.74) is 1.61. The molecule has 0 aromatic rings. The van der Waals surface area contributed by atoms with Crippen LogP contribution in [0.4, 0.5) is 0 Å². The van der Waals surface area contributed by atoms with E-state index in [9.17, 15) is 0 Å². The molecule has 0 aliphatic heterocycles. The van der Waals surface area contributed by atoms with Crippen molar-refractivity contribution in [3.8, 4) is 0 Å². The minimum atomic E-state index is 1.05. The lowest BCUT2D eigenvalue weighted by atomic mass is 10.1. The fourth-order valence-corrected chi connectivity index (χ4v) is 1.23. The van der Waals surface area contributed by atoms with E-state index in [1.54, 1.807) is 11.6 Å². The third-order valence-corrected chi connectivity index (χ3v) is 1.77. The van der Waals surface area contributed by atoms with E-state index in [-0.39, 0.29) is 0 Å². The smallest absolute Gasteiger partial charge is 0.0285 e. The summed E-state index contributed by atoms with van der Waals surface area (Å²) in [6.07, 6.45) is 10.3. The Bertz CT molecular complexity index is 120. The number of hydrogen-bond donors (Lipinski definition) is 0. The van der Waals surface area contributed by atoms with E-state index in [1.165, 1.54) is 25.7 Å². The summed E-state index contributed by atoms with van der Waals surface area (Å²) in [6, 6.07) is 0. The van der Waals surface area contributed by atoms with Gasteiger partial charge in [0.2, 0.25) is 0 Å². The van der Waals surface area contributed by atoms with Crippen LogP contribution in [-0.2, 0) is 0 Å². The van der Waals surface area contributed by atoms with Gasteiger partial charge in [0.15, 0.2) is 0 Å². The summed E-state index contributed by atoms with van der Waals surface area (Å²) in [7, 11) is 0. The molecule has 0 heterocycles. The van der Waals surface area contributed by atoms with Crippen LogP contribution in [0.1, 0.15) is 32.1 Å². The van der Waals surface area contributed by atoms with Crippen LogP contribution in [-0.4, -0.2) is 0 Å². The second-order valence-corrected chi connectivity index (χ2v) is 2.53. The predicted octanol–water partition coefficient (Wildman–Crippen LogP) is 2.87. The molecule has 0 bridgehead atoms. The lowest BCUT2D eigenvalue weighted by Crippen LogP contribution is -1.75. The summed E-state index contributed by atoms with van der Waals surface area (Å²) >= 11 is 0. The average molecular weight is 121 g/mol. The maximum atomic E-state index is 5.25. The van der Waals surface area contributed by atoms with Crippen LogP contribution in [0.15, 0.2) is 17.7 Å². The fourth-order valence-electron chi connectivity index (χ4n) is 1.23. The molecule has 1 radical (unpaired) electrons. The summed E-state index contributed by atoms with van der Waals surface area (Å²) in [6.45, 7) is 5.25. The Morgan fingerprint density at radius 1 is 1.67 bits per heavy atom. The van der Waals surface area contributed by atoms with E-state index >= 15 is 0 Å². The van der Waals surface area contributed by atoms with Gasteiger partial charge in [-0.15, -0.1) is 0 Å². The lowest BCUT2D eigenvalue weighted by molar-refractivity contribution is 0.856. The van der Waals surface area contributed by atoms with Crippen molar-refractivity contribution in [1.29, 1.82) is 0 Å². The molecule has 0 saturated carbocycles. The highest BCUT2D eigenvalue weighted by Gasteiger charge is 2.01. The number of rotatable bonds is 3. The Morgan fingerprint density at radius 3 is 3.11 bits per heavy atom. The molecule has 1 rings (SSSR count). The molecule has 0 nitrogen and oxygen atoms in total. The Labute approximate surface area is 57.3 Å². The fraction of sp³-hybridized carbons (Fsp3) is 0.556. The van der Waals surface area contributed by atoms with Crippen LogP contribution in [0.5, 0.6) is 0 Å². The molecule has 1 aliphatic carbocycles. The highest BCUT2D eigenvalue weighted by Crippen LogP contribution is 2.21. The van der Waals surface area contributed by atoms with Crippen LogP contribution in [0.2, 0.25) is 0 Å². The molecule has 0 amide bonds. The molecule has 49 valence electrons. The van der Waals surface area contributed by atoms with Crippen molar-refractivity contribution >= 4 is 0 Å². The van der Waals surface area contributed by atoms with Gasteiger partial charge < -0.3 is 0 Å². The van der Waals surface area contributed by atoms with Gasteiger partial charge in [0, 0.05) is 0 Å². The van der Waals surface area contributed by atoms with Gasteiger partial charge in [-0.3, -0.25) is 0 Å². The molecule has 9 heavy (non-hydrogen) atoms. The van der Waals surface area contributed by atoms with Crippen molar-refractivity contribution in [3.63, 3.8) is 0 Å². The van der Waals surface area contributed by atoms with Gasteiger partial charge in [-0.05, 0) is 32.1 Å². The Hall–Kier alpha value is -0.520. The van der Waals surface area contributed by atoms with E-state index in [4.69, 9.17) is 6.58 Å². The first-order chi connectivity index (χ1) is 4.43. The molecule has 0 N–H and O–H groups in total. The third kappa shape index (κ3) is 2.05. The van der Waals surface area contributed by atoms with Crippen LogP contribution in [0.3, 0.4) is 0 Å². The van der Waals surface area contributed by atoms with Crippen molar-refractivity contribution < 1.29 is 0 Å². The Balaban J connectivity index is 2.18. The zero-order valence-corrected chi connectivity index (χ0v) is 5.77. The van der Waals surface area contributed by atoms with Gasteiger partial charge >= 0.3 is 0 Å². The Kier molecular flexibility index (Phi) is 2.56. The summed E-state index contributed by atoms with van der Waals surface area (Å²) in [5, 5.41) is 0. The quantitative estimate of drug-likeness (QED) is 0.504. The van der Waals surface area contributed by atoms with Gasteiger partial charge in [-0.2, -0.15) is 0 Å². The van der Waals surface area contributed by atoms with Crippen LogP contribution in [0.25, 0.3) is 0 Å². The molecule has 0 aromatic carbocycles. The van der Waals surface area contributed by atoms with Crippen LogP contribution >= 0.6 is 0 Å². The number of hydrogen-bond acceptors (Lipinski definition) is 0. The topological polar surface area (TPSA) is 0 Å². The normalized spacial score (nSPS) is 17.6. The largest absolute Gasteiger partial charge is 0.0853 e. The van der Waals surface area contributed by atoms with Crippen molar-refractivity contribution in [1.82, 2.24) is 0 Å². The second kappa shape index (κ2) is 3.49. The van der Waals surface area contributed by atoms with Crippen molar-refractivity contribution in [2.45, 2.75) is 32.1 Å². The minimum absolute atomic E-state index is 1.05. The van der Waals surface area contributed by atoms with Gasteiger partial charge in [0.05, 0.1) is 0 Å². The van der Waals surface area contributed by atoms with Crippen LogP contribution in [0, 0.1) is 6.58 Å². The van der Waals surface area contributed by atoms with Gasteiger partial charge in [0.25, 0.3) is 0 Å². The highest BCUT2D eigenvalue weighted by atomic mass is 14.1. The average Bonchev–Trinajstić information content (AvgIpc) is 2.34. The molecule has 0 spiro atoms. The zero-order valence-electron chi connectivity index (χ0n) is 5.77. The predicted molar refractivity (Wildman–Crippen MR) is 40.0 cm³/mol. The van der Waals surface area contributed by atoms with Crippen molar-refractivity contribution in [2.24, 2.45) is 0 Å². The van der Waals surface area contributed by atoms with Crippen molar-refractivity contribution in [2.75, 3.05) is 0 Å². The number of allylic oxidation sites excluding steroid dienone is 3. The van der Waals surface area contributed by atoms with E-state index < -0.39 is 0 Å². The lowest BCUT2D eigenvalue weighted by Gasteiger charge is -1.94. The first-order valence-corrected chi connectivity index (χ1v) is 3.65. The highest BCUT2D eigenvalue weighted by molar-refractivity contribution is 5.07.